The Kier molecular flexibility index (Phi) is 4.33. The first kappa shape index (κ1) is 12.6. The van der Waals surface area contributed by atoms with Crippen LogP contribution < -0.4 is 16.0 Å². The van der Waals surface area contributed by atoms with Crippen LogP contribution in [0.3, 0.4) is 0 Å². The molecule has 0 atom stereocenters. The Hall–Kier alpha value is -1.85. The fourth-order valence-electron chi connectivity index (χ4n) is 1.53. The Balaban J connectivity index is 1.71. The molecule has 0 spiro atoms. The van der Waals surface area contributed by atoms with Crippen molar-refractivity contribution >= 4 is 17.7 Å². The van der Waals surface area contributed by atoms with Crippen molar-refractivity contribution in [1.29, 1.82) is 0 Å². The lowest BCUT2D eigenvalue weighted by Crippen LogP contribution is -2.27. The van der Waals surface area contributed by atoms with Gasteiger partial charge in [0.05, 0.1) is 0 Å². The van der Waals surface area contributed by atoms with Gasteiger partial charge in [-0.05, 0) is 25.8 Å². The molecule has 0 aliphatic heterocycles. The summed E-state index contributed by atoms with van der Waals surface area (Å²) in [4.78, 5) is 19.8. The van der Waals surface area contributed by atoms with Crippen molar-refractivity contribution in [2.24, 2.45) is 0 Å². The van der Waals surface area contributed by atoms with Gasteiger partial charge >= 0.3 is 0 Å². The van der Waals surface area contributed by atoms with E-state index in [2.05, 4.69) is 25.9 Å². The molecule has 6 heteroatoms. The first-order chi connectivity index (χ1) is 8.78. The van der Waals surface area contributed by atoms with E-state index >= 15 is 0 Å². The molecule has 0 saturated heterocycles. The summed E-state index contributed by atoms with van der Waals surface area (Å²) in [6.07, 6.45) is 4.41. The number of nitrogens with zero attached hydrogens (tertiary/aromatic N) is 2. The molecule has 0 radical (unpaired) electrons. The van der Waals surface area contributed by atoms with Crippen molar-refractivity contribution in [1.82, 2.24) is 15.3 Å². The molecule has 98 valence electrons. The van der Waals surface area contributed by atoms with E-state index in [0.29, 0.717) is 25.0 Å². The van der Waals surface area contributed by atoms with Crippen molar-refractivity contribution in [3.63, 3.8) is 0 Å². The minimum atomic E-state index is 0.103. The number of carbonyl (C=O) groups is 1. The molecule has 1 aliphatic carbocycles. The fourth-order valence-corrected chi connectivity index (χ4v) is 1.53. The number of nitrogens with one attached hydrogen (secondary N) is 3. The van der Waals surface area contributed by atoms with Crippen LogP contribution in [-0.4, -0.2) is 35.0 Å². The zero-order valence-electron chi connectivity index (χ0n) is 10.6. The number of carbonyl (C=O) groups excluding carboxylic acids is 1. The number of amides is 1. The lowest BCUT2D eigenvalue weighted by Gasteiger charge is -2.07. The number of aromatic nitrogens is 2. The summed E-state index contributed by atoms with van der Waals surface area (Å²) >= 11 is 0. The molecule has 6 nitrogen and oxygen atoms in total. The smallest absolute Gasteiger partial charge is 0.224 e. The standard InChI is InChI=1S/C12H19N5O/c1-2-13-12-15-7-5-10(17-12)14-8-6-11(18)16-9-3-4-9/h5,7,9H,2-4,6,8H2,1H3,(H,16,18)(H2,13,14,15,17). The highest BCUT2D eigenvalue weighted by molar-refractivity contribution is 5.77. The van der Waals surface area contributed by atoms with E-state index in [-0.39, 0.29) is 5.91 Å². The van der Waals surface area contributed by atoms with Crippen LogP contribution in [0.15, 0.2) is 12.3 Å². The van der Waals surface area contributed by atoms with E-state index in [4.69, 9.17) is 0 Å². The molecule has 0 unspecified atom stereocenters. The van der Waals surface area contributed by atoms with E-state index < -0.39 is 0 Å². The summed E-state index contributed by atoms with van der Waals surface area (Å²) < 4.78 is 0. The summed E-state index contributed by atoms with van der Waals surface area (Å²) in [5, 5.41) is 9.10. The summed E-state index contributed by atoms with van der Waals surface area (Å²) in [5.74, 6) is 1.44. The molecule has 1 aromatic rings. The molecule has 18 heavy (non-hydrogen) atoms. The Morgan fingerprint density at radius 1 is 1.44 bits per heavy atom. The number of anilines is 2. The van der Waals surface area contributed by atoms with Gasteiger partial charge in [-0.3, -0.25) is 4.79 Å². The highest BCUT2D eigenvalue weighted by atomic mass is 16.1. The lowest BCUT2D eigenvalue weighted by atomic mass is 10.4. The largest absolute Gasteiger partial charge is 0.369 e. The molecule has 1 fully saturated rings. The summed E-state index contributed by atoms with van der Waals surface area (Å²) in [5.41, 5.74) is 0. The first-order valence-electron chi connectivity index (χ1n) is 6.38. The molecule has 1 heterocycles. The van der Waals surface area contributed by atoms with Gasteiger partial charge in [-0.15, -0.1) is 0 Å². The van der Waals surface area contributed by atoms with Gasteiger partial charge in [0.1, 0.15) is 5.82 Å². The van der Waals surface area contributed by atoms with Crippen LogP contribution in [0.25, 0.3) is 0 Å². The second-order valence-electron chi connectivity index (χ2n) is 4.31. The topological polar surface area (TPSA) is 78.9 Å². The number of hydrogen-bond donors (Lipinski definition) is 3. The van der Waals surface area contributed by atoms with Crippen molar-refractivity contribution in [3.8, 4) is 0 Å². The van der Waals surface area contributed by atoms with Crippen LogP contribution in [0, 0.1) is 0 Å². The van der Waals surface area contributed by atoms with Crippen molar-refractivity contribution in [3.05, 3.63) is 12.3 Å². The zero-order valence-corrected chi connectivity index (χ0v) is 10.6. The molecule has 0 bridgehead atoms. The highest BCUT2D eigenvalue weighted by Gasteiger charge is 2.22. The van der Waals surface area contributed by atoms with Crippen LogP contribution in [-0.2, 0) is 4.79 Å². The van der Waals surface area contributed by atoms with Gasteiger partial charge in [-0.1, -0.05) is 0 Å². The summed E-state index contributed by atoms with van der Waals surface area (Å²) in [6, 6.07) is 2.22. The quantitative estimate of drug-likeness (QED) is 0.671. The third-order valence-electron chi connectivity index (χ3n) is 2.59. The van der Waals surface area contributed by atoms with Gasteiger partial charge in [-0.25, -0.2) is 4.98 Å². The van der Waals surface area contributed by atoms with Crippen LogP contribution >= 0.6 is 0 Å². The van der Waals surface area contributed by atoms with Crippen LogP contribution in [0.2, 0.25) is 0 Å². The van der Waals surface area contributed by atoms with E-state index in [1.165, 1.54) is 0 Å². The Morgan fingerprint density at radius 3 is 3.00 bits per heavy atom. The predicted molar refractivity (Wildman–Crippen MR) is 70.5 cm³/mol. The Bertz CT molecular complexity index is 405. The normalized spacial score (nSPS) is 14.1. The SMILES string of the molecule is CCNc1nccc(NCCC(=O)NC2CC2)n1. The molecule has 0 aromatic carbocycles. The van der Waals surface area contributed by atoms with Crippen LogP contribution in [0.4, 0.5) is 11.8 Å². The number of hydrogen-bond acceptors (Lipinski definition) is 5. The minimum absolute atomic E-state index is 0.103. The Labute approximate surface area is 107 Å². The van der Waals surface area contributed by atoms with Gasteiger partial charge < -0.3 is 16.0 Å². The van der Waals surface area contributed by atoms with Crippen LogP contribution in [0.1, 0.15) is 26.2 Å². The molecule has 2 rings (SSSR count). The second kappa shape index (κ2) is 6.18. The van der Waals surface area contributed by atoms with Crippen molar-refractivity contribution in [2.75, 3.05) is 23.7 Å². The Morgan fingerprint density at radius 2 is 2.28 bits per heavy atom. The molecular formula is C12H19N5O. The minimum Gasteiger partial charge on any atom is -0.369 e. The average molecular weight is 249 g/mol. The molecule has 3 N–H and O–H groups in total. The fraction of sp³-hybridized carbons (Fsp3) is 0.583. The first-order valence-corrected chi connectivity index (χ1v) is 6.38. The van der Waals surface area contributed by atoms with Crippen molar-refractivity contribution < 1.29 is 4.79 Å². The molecule has 1 amide bonds. The van der Waals surface area contributed by atoms with Gasteiger partial charge in [-0.2, -0.15) is 4.98 Å². The maximum atomic E-state index is 11.5. The zero-order chi connectivity index (χ0) is 12.8. The van der Waals surface area contributed by atoms with Gasteiger partial charge in [0, 0.05) is 31.7 Å². The molecule has 1 saturated carbocycles. The molecule has 1 aromatic heterocycles. The van der Waals surface area contributed by atoms with Gasteiger partial charge in [0.25, 0.3) is 0 Å². The van der Waals surface area contributed by atoms with E-state index in [1.54, 1.807) is 12.3 Å². The number of rotatable bonds is 7. The van der Waals surface area contributed by atoms with Crippen molar-refractivity contribution in [2.45, 2.75) is 32.2 Å². The third kappa shape index (κ3) is 4.20. The van der Waals surface area contributed by atoms with Gasteiger partial charge in [0.2, 0.25) is 11.9 Å². The van der Waals surface area contributed by atoms with E-state index in [0.717, 1.165) is 25.2 Å². The third-order valence-corrected chi connectivity index (χ3v) is 2.59. The van der Waals surface area contributed by atoms with Gasteiger partial charge in [0.15, 0.2) is 0 Å². The average Bonchev–Trinajstić information content (AvgIpc) is 3.14. The van der Waals surface area contributed by atoms with Crippen LogP contribution in [0.5, 0.6) is 0 Å². The second-order valence-corrected chi connectivity index (χ2v) is 4.31. The van der Waals surface area contributed by atoms with E-state index in [1.807, 2.05) is 6.92 Å². The summed E-state index contributed by atoms with van der Waals surface area (Å²) in [7, 11) is 0. The predicted octanol–water partition coefficient (Wildman–Crippen LogP) is 0.989. The maximum Gasteiger partial charge on any atom is 0.224 e. The molecule has 1 aliphatic rings. The maximum absolute atomic E-state index is 11.5. The summed E-state index contributed by atoms with van der Waals surface area (Å²) in [6.45, 7) is 3.36. The monoisotopic (exact) mass is 249 g/mol. The molecular weight excluding hydrogens is 230 g/mol. The lowest BCUT2D eigenvalue weighted by molar-refractivity contribution is -0.120. The van der Waals surface area contributed by atoms with E-state index in [9.17, 15) is 4.79 Å². The highest BCUT2D eigenvalue weighted by Crippen LogP contribution is 2.18.